The minimum absolute atomic E-state index is 0.0727. The Morgan fingerprint density at radius 2 is 1.23 bits per heavy atom. The molecule has 1 unspecified atom stereocenters. The summed E-state index contributed by atoms with van der Waals surface area (Å²) in [6, 6.07) is 52.0. The standard InChI is InChI=1S/C49H30N6OS/c1-3-14-29(15-4-1)43-45-44(34-20-9-12-24-39(34)56-45)51-47(50-43)31-26-27-35-41(28-31)57-40-25-13-21-36(42(35)40)48-52-46(30-16-5-2-6-17-30)53-49(54-48)55-37-22-10-7-18-32(37)33-19-8-11-23-38(33)55/h1-20,22-28,36H,21H2. The molecule has 5 aromatic heterocycles. The van der Waals surface area contributed by atoms with E-state index >= 15 is 0 Å². The molecule has 0 saturated carbocycles. The molecule has 57 heavy (non-hydrogen) atoms. The largest absolute Gasteiger partial charge is 0.452 e. The highest BCUT2D eigenvalue weighted by Gasteiger charge is 2.29. The number of furan rings is 1. The van der Waals surface area contributed by atoms with Crippen molar-refractivity contribution in [3.63, 3.8) is 0 Å². The van der Waals surface area contributed by atoms with Gasteiger partial charge in [0.2, 0.25) is 5.95 Å². The van der Waals surface area contributed by atoms with Crippen LogP contribution in [0.3, 0.4) is 0 Å². The normalized spacial score (nSPS) is 14.0. The number of aromatic nitrogens is 6. The number of para-hydroxylation sites is 3. The molecule has 6 aromatic carbocycles. The van der Waals surface area contributed by atoms with E-state index in [2.05, 4.69) is 114 Å². The van der Waals surface area contributed by atoms with Crippen molar-refractivity contribution >= 4 is 71.4 Å². The second-order valence-electron chi connectivity index (χ2n) is 14.4. The maximum atomic E-state index is 6.37. The lowest BCUT2D eigenvalue weighted by Gasteiger charge is -2.20. The lowest BCUT2D eigenvalue weighted by atomic mass is 9.88. The van der Waals surface area contributed by atoms with E-state index in [0.29, 0.717) is 23.2 Å². The van der Waals surface area contributed by atoms with Gasteiger partial charge in [-0.1, -0.05) is 127 Å². The van der Waals surface area contributed by atoms with Gasteiger partial charge in [-0.2, -0.15) is 9.97 Å². The van der Waals surface area contributed by atoms with Crippen molar-refractivity contribution in [2.45, 2.75) is 12.3 Å². The number of benzene rings is 6. The molecule has 0 bridgehead atoms. The summed E-state index contributed by atoms with van der Waals surface area (Å²) in [5.41, 5.74) is 9.33. The maximum Gasteiger partial charge on any atom is 0.238 e. The molecule has 11 aromatic rings. The van der Waals surface area contributed by atoms with Crippen molar-refractivity contribution < 1.29 is 4.42 Å². The topological polar surface area (TPSA) is 82.5 Å². The van der Waals surface area contributed by atoms with E-state index in [1.807, 2.05) is 54.6 Å². The zero-order valence-corrected chi connectivity index (χ0v) is 31.2. The van der Waals surface area contributed by atoms with Gasteiger partial charge in [0.1, 0.15) is 22.6 Å². The summed E-state index contributed by atoms with van der Waals surface area (Å²) in [5, 5.41) is 4.49. The lowest BCUT2D eigenvalue weighted by Crippen LogP contribution is -2.13. The van der Waals surface area contributed by atoms with E-state index in [0.717, 1.165) is 66.8 Å². The van der Waals surface area contributed by atoms with E-state index in [-0.39, 0.29) is 5.92 Å². The molecule has 1 atom stereocenters. The van der Waals surface area contributed by atoms with E-state index in [1.165, 1.54) is 26.6 Å². The summed E-state index contributed by atoms with van der Waals surface area (Å²) < 4.78 is 9.72. The van der Waals surface area contributed by atoms with Gasteiger partial charge in [-0.15, -0.1) is 11.3 Å². The quantitative estimate of drug-likeness (QED) is 0.174. The van der Waals surface area contributed by atoms with E-state index in [4.69, 9.17) is 29.3 Å². The van der Waals surface area contributed by atoms with Crippen LogP contribution < -0.4 is 0 Å². The van der Waals surface area contributed by atoms with Gasteiger partial charge in [0.25, 0.3) is 0 Å². The Hall–Kier alpha value is -7.29. The number of hydrogen-bond acceptors (Lipinski definition) is 7. The van der Waals surface area contributed by atoms with Crippen molar-refractivity contribution in [1.29, 1.82) is 0 Å². The van der Waals surface area contributed by atoms with Crippen LogP contribution in [0.25, 0.3) is 100 Å². The summed E-state index contributed by atoms with van der Waals surface area (Å²) in [4.78, 5) is 27.3. The Kier molecular flexibility index (Phi) is 7.09. The molecule has 8 heteroatoms. The van der Waals surface area contributed by atoms with Gasteiger partial charge in [-0.3, -0.25) is 4.57 Å². The molecule has 7 nitrogen and oxygen atoms in total. The second kappa shape index (κ2) is 12.6. The summed E-state index contributed by atoms with van der Waals surface area (Å²) in [5.74, 6) is 2.61. The number of fused-ring (bicyclic) bond motifs is 9. The van der Waals surface area contributed by atoms with Crippen molar-refractivity contribution in [2.24, 2.45) is 0 Å². The fourth-order valence-corrected chi connectivity index (χ4v) is 9.66. The Labute approximate surface area is 330 Å². The summed E-state index contributed by atoms with van der Waals surface area (Å²) in [6.45, 7) is 0. The van der Waals surface area contributed by atoms with E-state index in [9.17, 15) is 0 Å². The minimum Gasteiger partial charge on any atom is -0.452 e. The van der Waals surface area contributed by atoms with Crippen LogP contribution in [-0.4, -0.2) is 29.5 Å². The first-order valence-electron chi connectivity index (χ1n) is 19.0. The van der Waals surface area contributed by atoms with Gasteiger partial charge < -0.3 is 4.42 Å². The van der Waals surface area contributed by atoms with Crippen LogP contribution >= 0.6 is 11.3 Å². The fourth-order valence-electron chi connectivity index (χ4n) is 8.42. The van der Waals surface area contributed by atoms with E-state index < -0.39 is 0 Å². The molecule has 0 N–H and O–H groups in total. The first-order valence-corrected chi connectivity index (χ1v) is 19.8. The van der Waals surface area contributed by atoms with Crippen molar-refractivity contribution in [3.8, 4) is 40.0 Å². The monoisotopic (exact) mass is 750 g/mol. The predicted octanol–water partition coefficient (Wildman–Crippen LogP) is 12.4. The number of hydrogen-bond donors (Lipinski definition) is 0. The summed E-state index contributed by atoms with van der Waals surface area (Å²) in [6.07, 6.45) is 5.28. The van der Waals surface area contributed by atoms with Crippen LogP contribution in [0.2, 0.25) is 0 Å². The molecular weight excluding hydrogens is 721 g/mol. The molecule has 0 saturated heterocycles. The molecule has 268 valence electrons. The Bertz CT molecular complexity index is 3350. The van der Waals surface area contributed by atoms with Crippen LogP contribution in [0, 0.1) is 0 Å². The summed E-state index contributed by atoms with van der Waals surface area (Å²) in [7, 11) is 0. The Morgan fingerprint density at radius 3 is 2.00 bits per heavy atom. The first-order chi connectivity index (χ1) is 28.2. The minimum atomic E-state index is -0.0727. The van der Waals surface area contributed by atoms with Gasteiger partial charge in [0.05, 0.1) is 11.0 Å². The van der Waals surface area contributed by atoms with Crippen LogP contribution in [0.5, 0.6) is 0 Å². The first kappa shape index (κ1) is 32.0. The highest BCUT2D eigenvalue weighted by atomic mass is 32.1. The number of rotatable bonds is 5. The van der Waals surface area contributed by atoms with Gasteiger partial charge in [-0.25, -0.2) is 15.0 Å². The molecule has 5 heterocycles. The fraction of sp³-hybridized carbons (Fsp3) is 0.0408. The zero-order chi connectivity index (χ0) is 37.5. The van der Waals surface area contributed by atoms with Crippen LogP contribution in [0.15, 0.2) is 162 Å². The van der Waals surface area contributed by atoms with Gasteiger partial charge >= 0.3 is 0 Å². The third kappa shape index (κ3) is 5.08. The van der Waals surface area contributed by atoms with Crippen molar-refractivity contribution in [1.82, 2.24) is 29.5 Å². The molecule has 1 aliphatic rings. The molecule has 12 rings (SSSR count). The molecule has 0 amide bonds. The number of allylic oxidation sites excluding steroid dienone is 1. The van der Waals surface area contributed by atoms with Crippen molar-refractivity contribution in [2.75, 3.05) is 0 Å². The lowest BCUT2D eigenvalue weighted by molar-refractivity contribution is 0.667. The SMILES string of the molecule is C1=Cc2sc3cc(-c4nc(-c5ccccc5)c5oc6ccccc6c5n4)ccc3c2C(c2nc(-c3ccccc3)nc(-n3c4ccccc4c4ccccc43)n2)C1. The van der Waals surface area contributed by atoms with Crippen LogP contribution in [0.1, 0.15) is 28.6 Å². The van der Waals surface area contributed by atoms with Crippen molar-refractivity contribution in [3.05, 3.63) is 174 Å². The van der Waals surface area contributed by atoms with Crippen LogP contribution in [-0.2, 0) is 0 Å². The highest BCUT2D eigenvalue weighted by Crippen LogP contribution is 2.45. The Balaban J connectivity index is 1.03. The highest BCUT2D eigenvalue weighted by molar-refractivity contribution is 7.20. The smallest absolute Gasteiger partial charge is 0.238 e. The number of thiophene rings is 1. The molecular formula is C49H30N6OS. The Morgan fingerprint density at radius 1 is 0.561 bits per heavy atom. The van der Waals surface area contributed by atoms with Gasteiger partial charge in [0.15, 0.2) is 17.2 Å². The molecule has 0 spiro atoms. The predicted molar refractivity (Wildman–Crippen MR) is 231 cm³/mol. The average molecular weight is 751 g/mol. The number of nitrogens with zero attached hydrogens (tertiary/aromatic N) is 6. The average Bonchev–Trinajstić information content (AvgIpc) is 3.96. The molecule has 0 aliphatic heterocycles. The third-order valence-electron chi connectivity index (χ3n) is 11.0. The molecule has 0 radical (unpaired) electrons. The van der Waals surface area contributed by atoms with Crippen LogP contribution in [0.4, 0.5) is 0 Å². The van der Waals surface area contributed by atoms with Gasteiger partial charge in [-0.05, 0) is 53.8 Å². The second-order valence-corrected chi connectivity index (χ2v) is 15.5. The van der Waals surface area contributed by atoms with E-state index in [1.54, 1.807) is 11.3 Å². The third-order valence-corrected chi connectivity index (χ3v) is 12.2. The maximum absolute atomic E-state index is 6.37. The zero-order valence-electron chi connectivity index (χ0n) is 30.4. The molecule has 1 aliphatic carbocycles. The van der Waals surface area contributed by atoms with Gasteiger partial charge in [0, 0.05) is 48.3 Å². The molecule has 0 fully saturated rings. The summed E-state index contributed by atoms with van der Waals surface area (Å²) >= 11 is 1.78.